The number of hydrogen-bond acceptors (Lipinski definition) is 6. The van der Waals surface area contributed by atoms with Gasteiger partial charge in [-0.15, -0.1) is 0 Å². The Balaban J connectivity index is 1.62. The zero-order valence-corrected chi connectivity index (χ0v) is 15.2. The van der Waals surface area contributed by atoms with E-state index >= 15 is 0 Å². The van der Waals surface area contributed by atoms with Crippen LogP contribution in [0, 0.1) is 37.9 Å². The highest BCUT2D eigenvalue weighted by atomic mass is 19.1. The number of hydrogen-bond donors (Lipinski definition) is 0. The van der Waals surface area contributed by atoms with E-state index in [2.05, 4.69) is 10.1 Å². The Labute approximate surface area is 156 Å². The zero-order chi connectivity index (χ0) is 19.4. The highest BCUT2D eigenvalue weighted by Crippen LogP contribution is 2.29. The van der Waals surface area contributed by atoms with E-state index in [4.69, 9.17) is 19.3 Å². The van der Waals surface area contributed by atoms with Crippen molar-refractivity contribution in [3.63, 3.8) is 0 Å². The minimum absolute atomic E-state index is 0.0915. The van der Waals surface area contributed by atoms with Gasteiger partial charge in [0.05, 0.1) is 11.6 Å². The summed E-state index contributed by atoms with van der Waals surface area (Å²) < 4.78 is 30.0. The van der Waals surface area contributed by atoms with E-state index in [1.54, 1.807) is 6.92 Å². The molecular weight excluding hydrogens is 349 g/mol. The lowest BCUT2D eigenvalue weighted by atomic mass is 10.1. The molecule has 138 valence electrons. The SMILES string of the molecule is Cc1nc(-c2cc(C)c(OCCOc3ccc(C#N)cc3F)c(C)c2)no1. The fourth-order valence-corrected chi connectivity index (χ4v) is 2.71. The van der Waals surface area contributed by atoms with Gasteiger partial charge in [-0.1, -0.05) is 5.16 Å². The first-order valence-electron chi connectivity index (χ1n) is 8.35. The van der Waals surface area contributed by atoms with Gasteiger partial charge in [-0.3, -0.25) is 0 Å². The van der Waals surface area contributed by atoms with Gasteiger partial charge in [0.15, 0.2) is 11.6 Å². The van der Waals surface area contributed by atoms with E-state index in [0.29, 0.717) is 11.7 Å². The van der Waals surface area contributed by atoms with Gasteiger partial charge in [0.1, 0.15) is 19.0 Å². The van der Waals surface area contributed by atoms with Crippen LogP contribution in [0.4, 0.5) is 4.39 Å². The first kappa shape index (κ1) is 18.4. The molecule has 1 heterocycles. The molecular formula is C20H18FN3O3. The van der Waals surface area contributed by atoms with Crippen molar-refractivity contribution in [2.75, 3.05) is 13.2 Å². The van der Waals surface area contributed by atoms with Crippen molar-refractivity contribution < 1.29 is 18.4 Å². The molecule has 7 heteroatoms. The molecule has 3 rings (SSSR count). The number of rotatable bonds is 6. The smallest absolute Gasteiger partial charge is 0.223 e. The largest absolute Gasteiger partial charge is 0.489 e. The number of nitriles is 1. The molecule has 27 heavy (non-hydrogen) atoms. The molecule has 0 unspecified atom stereocenters. The van der Waals surface area contributed by atoms with Gasteiger partial charge < -0.3 is 14.0 Å². The average molecular weight is 367 g/mol. The fourth-order valence-electron chi connectivity index (χ4n) is 2.71. The summed E-state index contributed by atoms with van der Waals surface area (Å²) in [6.07, 6.45) is 0. The van der Waals surface area contributed by atoms with Crippen LogP contribution in [0.3, 0.4) is 0 Å². The summed E-state index contributed by atoms with van der Waals surface area (Å²) >= 11 is 0. The van der Waals surface area contributed by atoms with Crippen LogP contribution < -0.4 is 9.47 Å². The van der Waals surface area contributed by atoms with Crippen molar-refractivity contribution in [3.8, 4) is 29.0 Å². The summed E-state index contributed by atoms with van der Waals surface area (Å²) in [5, 5.41) is 12.7. The lowest BCUT2D eigenvalue weighted by molar-refractivity contribution is 0.210. The van der Waals surface area contributed by atoms with Gasteiger partial charge in [-0.25, -0.2) is 4.39 Å². The third-order valence-electron chi connectivity index (χ3n) is 3.89. The van der Waals surface area contributed by atoms with Crippen LogP contribution in [0.1, 0.15) is 22.6 Å². The second-order valence-corrected chi connectivity index (χ2v) is 6.03. The van der Waals surface area contributed by atoms with E-state index in [1.807, 2.05) is 32.0 Å². The number of ether oxygens (including phenoxy) is 2. The average Bonchev–Trinajstić information content (AvgIpc) is 3.07. The number of nitrogens with zero attached hydrogens (tertiary/aromatic N) is 3. The molecule has 6 nitrogen and oxygen atoms in total. The topological polar surface area (TPSA) is 81.2 Å². The molecule has 0 aliphatic carbocycles. The number of aromatic nitrogens is 2. The predicted octanol–water partition coefficient (Wildman–Crippen LogP) is 4.13. The van der Waals surface area contributed by atoms with E-state index in [1.165, 1.54) is 12.1 Å². The Bertz CT molecular complexity index is 985. The minimum Gasteiger partial charge on any atom is -0.489 e. The van der Waals surface area contributed by atoms with Crippen molar-refractivity contribution in [2.45, 2.75) is 20.8 Å². The summed E-state index contributed by atoms with van der Waals surface area (Å²) in [7, 11) is 0. The highest BCUT2D eigenvalue weighted by molar-refractivity contribution is 5.60. The molecule has 1 aromatic heterocycles. The summed E-state index contributed by atoms with van der Waals surface area (Å²) in [6.45, 7) is 6.03. The quantitative estimate of drug-likeness (QED) is 0.609. The maximum Gasteiger partial charge on any atom is 0.223 e. The molecule has 0 atom stereocenters. The second-order valence-electron chi connectivity index (χ2n) is 6.03. The van der Waals surface area contributed by atoms with Crippen LogP contribution in [0.2, 0.25) is 0 Å². The molecule has 0 aliphatic rings. The van der Waals surface area contributed by atoms with E-state index in [0.717, 1.165) is 28.5 Å². The molecule has 2 aromatic carbocycles. The third kappa shape index (κ3) is 4.23. The van der Waals surface area contributed by atoms with Crippen molar-refractivity contribution in [1.82, 2.24) is 10.1 Å². The Morgan fingerprint density at radius 2 is 1.78 bits per heavy atom. The fraction of sp³-hybridized carbons (Fsp3) is 0.250. The zero-order valence-electron chi connectivity index (χ0n) is 15.2. The molecule has 0 bridgehead atoms. The van der Waals surface area contributed by atoms with Gasteiger partial charge in [0.2, 0.25) is 11.7 Å². The van der Waals surface area contributed by atoms with E-state index in [-0.39, 0.29) is 24.5 Å². The Morgan fingerprint density at radius 1 is 1.07 bits per heavy atom. The minimum atomic E-state index is -0.568. The predicted molar refractivity (Wildman–Crippen MR) is 96.1 cm³/mol. The van der Waals surface area contributed by atoms with Crippen molar-refractivity contribution in [1.29, 1.82) is 5.26 Å². The summed E-state index contributed by atoms with van der Waals surface area (Å²) in [5.74, 6) is 1.30. The van der Waals surface area contributed by atoms with Crippen LogP contribution in [0.5, 0.6) is 11.5 Å². The van der Waals surface area contributed by atoms with Crippen molar-refractivity contribution in [3.05, 3.63) is 58.7 Å². The lowest BCUT2D eigenvalue weighted by Crippen LogP contribution is -2.11. The van der Waals surface area contributed by atoms with E-state index < -0.39 is 5.82 Å². The monoisotopic (exact) mass is 367 g/mol. The van der Waals surface area contributed by atoms with Crippen LogP contribution in [0.15, 0.2) is 34.9 Å². The van der Waals surface area contributed by atoms with Gasteiger partial charge in [0, 0.05) is 12.5 Å². The first-order valence-corrected chi connectivity index (χ1v) is 8.35. The van der Waals surface area contributed by atoms with Gasteiger partial charge in [0.25, 0.3) is 0 Å². The second kappa shape index (κ2) is 7.87. The van der Waals surface area contributed by atoms with Crippen molar-refractivity contribution >= 4 is 0 Å². The third-order valence-corrected chi connectivity index (χ3v) is 3.89. The summed E-state index contributed by atoms with van der Waals surface area (Å²) in [6, 6.07) is 9.81. The number of aryl methyl sites for hydroxylation is 3. The maximum atomic E-state index is 13.8. The summed E-state index contributed by atoms with van der Waals surface area (Å²) in [5.41, 5.74) is 2.96. The Hall–Kier alpha value is -3.40. The molecule has 0 radical (unpaired) electrons. The Kier molecular flexibility index (Phi) is 5.36. The molecule has 0 spiro atoms. The molecule has 3 aromatic rings. The molecule has 0 N–H and O–H groups in total. The number of halogens is 1. The Morgan fingerprint density at radius 3 is 2.37 bits per heavy atom. The van der Waals surface area contributed by atoms with Crippen molar-refractivity contribution in [2.24, 2.45) is 0 Å². The molecule has 0 fully saturated rings. The van der Waals surface area contributed by atoms with Crippen LogP contribution in [0.25, 0.3) is 11.4 Å². The van der Waals surface area contributed by atoms with Crippen LogP contribution >= 0.6 is 0 Å². The molecule has 0 saturated heterocycles. The molecule has 0 amide bonds. The van der Waals surface area contributed by atoms with Gasteiger partial charge in [-0.2, -0.15) is 10.2 Å². The maximum absolute atomic E-state index is 13.8. The standard InChI is InChI=1S/C20H18FN3O3/c1-12-8-16(20-23-14(3)27-24-20)9-13(2)19(12)26-7-6-25-18-5-4-15(11-22)10-17(18)21/h4-5,8-10H,6-7H2,1-3H3. The summed E-state index contributed by atoms with van der Waals surface area (Å²) in [4.78, 5) is 4.23. The van der Waals surface area contributed by atoms with Gasteiger partial charge in [-0.05, 0) is 55.3 Å². The van der Waals surface area contributed by atoms with E-state index in [9.17, 15) is 4.39 Å². The normalized spacial score (nSPS) is 10.5. The molecule has 0 saturated carbocycles. The number of benzene rings is 2. The first-order chi connectivity index (χ1) is 13.0. The lowest BCUT2D eigenvalue weighted by Gasteiger charge is -2.14. The molecule has 0 aliphatic heterocycles. The van der Waals surface area contributed by atoms with Crippen LogP contribution in [-0.4, -0.2) is 23.4 Å². The highest BCUT2D eigenvalue weighted by Gasteiger charge is 2.12. The van der Waals surface area contributed by atoms with Crippen LogP contribution in [-0.2, 0) is 0 Å². The van der Waals surface area contributed by atoms with Gasteiger partial charge >= 0.3 is 0 Å².